The summed E-state index contributed by atoms with van der Waals surface area (Å²) >= 11 is 1.87. The van der Waals surface area contributed by atoms with E-state index in [0.29, 0.717) is 5.82 Å². The number of benzene rings is 8. The third-order valence-electron chi connectivity index (χ3n) is 12.5. The largest absolute Gasteiger partial charge is 0.400 e. The molecule has 0 aliphatic heterocycles. The minimum atomic E-state index is -1.15. The summed E-state index contributed by atoms with van der Waals surface area (Å²) in [6.45, 7) is 0. The molecule has 11 heteroatoms. The second-order valence-electron chi connectivity index (χ2n) is 16.2. The molecule has 2 aromatic heterocycles. The number of thiophene rings is 1. The predicted octanol–water partition coefficient (Wildman–Crippen LogP) is 1.36. The first kappa shape index (κ1) is 35.8. The van der Waals surface area contributed by atoms with Gasteiger partial charge in [0.25, 0.3) is 0 Å². The normalized spacial score (nSPS) is 12.1. The highest BCUT2D eigenvalue weighted by atomic mass is 32.1. The van der Waals surface area contributed by atoms with Crippen LogP contribution in [-0.4, -0.2) is 69.6 Å². The van der Waals surface area contributed by atoms with Crippen LogP contribution in [0.2, 0.25) is 0 Å². The zero-order valence-corrected chi connectivity index (χ0v) is 34.3. The van der Waals surface area contributed by atoms with Crippen LogP contribution in [0.4, 0.5) is 0 Å². The van der Waals surface area contributed by atoms with Gasteiger partial charge in [0.2, 0.25) is 0 Å². The lowest BCUT2D eigenvalue weighted by molar-refractivity contribution is 0.205. The molecule has 0 fully saturated rings. The number of aromatic nitrogens is 2. The monoisotopic (exact) mass is 742 g/mol. The van der Waals surface area contributed by atoms with Gasteiger partial charge in [-0.15, -0.1) is 27.7 Å². The number of imidazole rings is 1. The molecule has 10 aromatic rings. The molecule has 0 amide bonds. The number of fused-ring (bicyclic) bond motifs is 6. The summed E-state index contributed by atoms with van der Waals surface area (Å²) in [4.78, 5) is 4.93. The summed E-state index contributed by atoms with van der Waals surface area (Å²) in [6.07, 6.45) is 0. The molecule has 0 aliphatic carbocycles. The number of nitrogens with zero attached hydrogens (tertiary/aromatic N) is 2. The smallest absolute Gasteiger partial charge is 0.141 e. The summed E-state index contributed by atoms with van der Waals surface area (Å²) < 4.78 is 4.72. The summed E-state index contributed by atoms with van der Waals surface area (Å²) in [6, 6.07) is 48.7. The zero-order valence-electron chi connectivity index (χ0n) is 33.5. The quantitative estimate of drug-likeness (QED) is 0.214. The topological polar surface area (TPSA) is 38.0 Å². The fourth-order valence-electron chi connectivity index (χ4n) is 9.35. The van der Waals surface area contributed by atoms with E-state index in [1.165, 1.54) is 96.8 Å². The fourth-order valence-corrected chi connectivity index (χ4v) is 10.5. The second-order valence-corrected chi connectivity index (χ2v) is 17.3. The van der Waals surface area contributed by atoms with Crippen LogP contribution in [0, 0.1) is 0 Å². The second kappa shape index (κ2) is 13.2. The number of para-hydroxylation sites is 2. The minimum Gasteiger partial charge on any atom is -0.400 e. The molecule has 0 spiro atoms. The standard InChI is InChI=1S/C46H37B7N2OS/c47-40-37(41(48)43(50)44(51)42(40)49)24-19-20-28-31(22-24)38(30-14-8-18-35-39(30)29-13-3-6-17-34(29)57-35)27-12-2-1-11-26(27)36(28)23-9-7-10-25(21-23)55-33-16-5-4-15-32(33)54-45(55)46(52,53)56/h1-22,56H,47-53H2. The Hall–Kier alpha value is -5.62. The highest BCUT2D eigenvalue weighted by Gasteiger charge is 2.27. The van der Waals surface area contributed by atoms with E-state index < -0.39 is 5.40 Å². The van der Waals surface area contributed by atoms with Gasteiger partial charge in [-0.25, -0.2) is 4.98 Å². The molecule has 0 aliphatic rings. The lowest BCUT2D eigenvalue weighted by Gasteiger charge is -2.23. The van der Waals surface area contributed by atoms with Crippen molar-refractivity contribution in [2.24, 2.45) is 0 Å². The van der Waals surface area contributed by atoms with Crippen LogP contribution in [0.25, 0.3) is 91.8 Å². The van der Waals surface area contributed by atoms with Gasteiger partial charge in [-0.3, -0.25) is 4.57 Å². The lowest BCUT2D eigenvalue weighted by Crippen LogP contribution is -2.55. The molecule has 57 heavy (non-hydrogen) atoms. The first-order valence-corrected chi connectivity index (χ1v) is 20.6. The highest BCUT2D eigenvalue weighted by molar-refractivity contribution is 7.26. The molecule has 0 atom stereocenters. The Labute approximate surface area is 343 Å². The molecule has 2 heterocycles. The van der Waals surface area contributed by atoms with Crippen LogP contribution >= 0.6 is 11.3 Å². The molecule has 0 unspecified atom stereocenters. The van der Waals surface area contributed by atoms with Crippen LogP contribution in [0.3, 0.4) is 0 Å². The first-order chi connectivity index (χ1) is 27.5. The van der Waals surface area contributed by atoms with E-state index in [2.05, 4.69) is 159 Å². The minimum absolute atomic E-state index is 0.612. The molecule has 1 N–H and O–H groups in total. The van der Waals surface area contributed by atoms with Crippen LogP contribution in [0.1, 0.15) is 5.82 Å². The van der Waals surface area contributed by atoms with Crippen molar-refractivity contribution in [2.75, 3.05) is 0 Å². The van der Waals surface area contributed by atoms with E-state index in [1.54, 1.807) is 0 Å². The summed E-state index contributed by atoms with van der Waals surface area (Å²) in [5.41, 5.74) is 16.9. The predicted molar refractivity (Wildman–Crippen MR) is 267 cm³/mol. The average molecular weight is 742 g/mol. The van der Waals surface area contributed by atoms with Gasteiger partial charge in [0.15, 0.2) is 0 Å². The Bertz CT molecular complexity index is 3280. The maximum atomic E-state index is 11.4. The van der Waals surface area contributed by atoms with Crippen molar-refractivity contribution in [1.82, 2.24) is 9.55 Å². The van der Waals surface area contributed by atoms with Crippen molar-refractivity contribution in [1.29, 1.82) is 0 Å². The van der Waals surface area contributed by atoms with Crippen molar-refractivity contribution < 1.29 is 5.11 Å². The van der Waals surface area contributed by atoms with Crippen LogP contribution < -0.4 is 27.3 Å². The highest BCUT2D eigenvalue weighted by Crippen LogP contribution is 2.48. The molecule has 10 rings (SSSR count). The summed E-state index contributed by atoms with van der Waals surface area (Å²) in [5.74, 6) is 0.612. The number of hydrogen-bond donors (Lipinski definition) is 1. The van der Waals surface area contributed by atoms with Gasteiger partial charge in [0.05, 0.1) is 16.4 Å². The van der Waals surface area contributed by atoms with Gasteiger partial charge in [-0.1, -0.05) is 102 Å². The van der Waals surface area contributed by atoms with E-state index in [0.717, 1.165) is 22.3 Å². The molecule has 0 saturated carbocycles. The Balaban J connectivity index is 1.34. The molecule has 0 saturated heterocycles. The Kier molecular flexibility index (Phi) is 8.30. The van der Waals surface area contributed by atoms with Gasteiger partial charge >= 0.3 is 0 Å². The SMILES string of the molecule is Bc1c(B)c(B)c(-c2ccc3c(-c4cccc(-n5c(C(B)(B)O)nc6ccccc65)c4)c4ccccc4c(-c4cccc5sc6ccccc6c45)c3c2)c(B)c1B. The van der Waals surface area contributed by atoms with E-state index >= 15 is 0 Å². The van der Waals surface area contributed by atoms with Crippen molar-refractivity contribution >= 4 is 146 Å². The van der Waals surface area contributed by atoms with Crippen LogP contribution in [0.5, 0.6) is 0 Å². The number of aliphatic hydroxyl groups is 1. The van der Waals surface area contributed by atoms with Crippen molar-refractivity contribution in [3.05, 3.63) is 139 Å². The van der Waals surface area contributed by atoms with Gasteiger partial charge in [-0.05, 0) is 97.4 Å². The lowest BCUT2D eigenvalue weighted by atomic mass is 9.59. The van der Waals surface area contributed by atoms with Gasteiger partial charge < -0.3 is 5.11 Å². The van der Waals surface area contributed by atoms with Gasteiger partial charge in [-0.2, -0.15) is 0 Å². The molecular weight excluding hydrogens is 704 g/mol. The molecule has 0 bridgehead atoms. The van der Waals surface area contributed by atoms with Crippen LogP contribution in [-0.2, 0) is 5.40 Å². The Morgan fingerprint density at radius 2 is 1.11 bits per heavy atom. The van der Waals surface area contributed by atoms with E-state index in [4.69, 9.17) is 4.98 Å². The van der Waals surface area contributed by atoms with Crippen molar-refractivity contribution in [3.8, 4) is 39.1 Å². The van der Waals surface area contributed by atoms with Gasteiger partial charge in [0, 0.05) is 25.9 Å². The van der Waals surface area contributed by atoms with E-state index in [-0.39, 0.29) is 0 Å². The van der Waals surface area contributed by atoms with Gasteiger partial charge in [0.1, 0.15) is 60.7 Å². The maximum absolute atomic E-state index is 11.4. The molecule has 264 valence electrons. The summed E-state index contributed by atoms with van der Waals surface area (Å²) in [5, 5.41) is 17.7. The van der Waals surface area contributed by atoms with Crippen molar-refractivity contribution in [3.63, 3.8) is 0 Å². The Morgan fingerprint density at radius 1 is 0.509 bits per heavy atom. The maximum Gasteiger partial charge on any atom is 0.141 e. The van der Waals surface area contributed by atoms with E-state index in [1.807, 2.05) is 45.2 Å². The average Bonchev–Trinajstić information content (AvgIpc) is 3.81. The number of rotatable bonds is 5. The molecule has 0 radical (unpaired) electrons. The zero-order chi connectivity index (χ0) is 39.3. The molecule has 3 nitrogen and oxygen atoms in total. The first-order valence-electron chi connectivity index (χ1n) is 19.8. The number of hydrogen-bond acceptors (Lipinski definition) is 3. The summed E-state index contributed by atoms with van der Waals surface area (Å²) in [7, 11) is 15.0. The Morgan fingerprint density at radius 3 is 1.86 bits per heavy atom. The van der Waals surface area contributed by atoms with Crippen molar-refractivity contribution in [2.45, 2.75) is 5.40 Å². The third-order valence-corrected chi connectivity index (χ3v) is 13.6. The van der Waals surface area contributed by atoms with Crippen LogP contribution in [0.15, 0.2) is 133 Å². The fraction of sp³-hybridized carbons (Fsp3) is 0.0217. The molecular formula is C46H37B7N2OS. The molecule has 8 aromatic carbocycles. The third kappa shape index (κ3) is 5.50. The van der Waals surface area contributed by atoms with E-state index in [9.17, 15) is 5.11 Å².